The van der Waals surface area contributed by atoms with Crippen LogP contribution in [-0.2, 0) is 0 Å². The maximum Gasteiger partial charge on any atom is 0.0940 e. The van der Waals surface area contributed by atoms with Gasteiger partial charge >= 0.3 is 0 Å². The van der Waals surface area contributed by atoms with E-state index in [-0.39, 0.29) is 5.41 Å². The van der Waals surface area contributed by atoms with E-state index in [2.05, 4.69) is 10.8 Å². The zero-order valence-corrected chi connectivity index (χ0v) is 13.3. The van der Waals surface area contributed by atoms with E-state index in [9.17, 15) is 5.11 Å². The van der Waals surface area contributed by atoms with Crippen LogP contribution in [0.15, 0.2) is 16.3 Å². The molecule has 0 aliphatic heterocycles. The Labute approximate surface area is 128 Å². The van der Waals surface area contributed by atoms with Crippen molar-refractivity contribution in [2.24, 2.45) is 11.3 Å². The van der Waals surface area contributed by atoms with Crippen molar-refractivity contribution in [1.29, 1.82) is 0 Å². The van der Waals surface area contributed by atoms with Crippen molar-refractivity contribution in [3.05, 3.63) is 16.5 Å². The third kappa shape index (κ3) is 2.84. The topological polar surface area (TPSA) is 32.3 Å². The van der Waals surface area contributed by atoms with Crippen LogP contribution >= 0.6 is 34.9 Å². The summed E-state index contributed by atoms with van der Waals surface area (Å²) in [5, 5.41) is 9.90. The molecule has 0 radical (unpaired) electrons. The molecule has 1 aromatic rings. The quantitative estimate of drug-likeness (QED) is 0.811. The molecular formula is C14H20ClNOS2. The van der Waals surface area contributed by atoms with Crippen LogP contribution in [0.3, 0.4) is 0 Å². The molecule has 3 rings (SSSR count). The van der Waals surface area contributed by atoms with Gasteiger partial charge in [-0.05, 0) is 55.7 Å². The molecule has 2 aliphatic carbocycles. The molecule has 0 aromatic carbocycles. The molecule has 1 heterocycles. The SMILES string of the molecule is OCC12CCCCC(CC1)C2NSc1ccc(Cl)s1. The number of aliphatic hydroxyl groups is 1. The Balaban J connectivity index is 1.70. The van der Waals surface area contributed by atoms with Crippen LogP contribution in [0.4, 0.5) is 0 Å². The van der Waals surface area contributed by atoms with Gasteiger partial charge in [0.15, 0.2) is 0 Å². The highest BCUT2D eigenvalue weighted by Crippen LogP contribution is 2.50. The lowest BCUT2D eigenvalue weighted by atomic mass is 9.79. The van der Waals surface area contributed by atoms with Crippen LogP contribution in [0.25, 0.3) is 0 Å². The summed E-state index contributed by atoms with van der Waals surface area (Å²) in [4.78, 5) is 0. The first-order valence-electron chi connectivity index (χ1n) is 7.02. The number of fused-ring (bicyclic) bond motifs is 2. The number of aliphatic hydroxyl groups excluding tert-OH is 1. The summed E-state index contributed by atoms with van der Waals surface area (Å²) in [5.74, 6) is 0.734. The predicted molar refractivity (Wildman–Crippen MR) is 82.8 cm³/mol. The highest BCUT2D eigenvalue weighted by atomic mass is 35.5. The average molecular weight is 318 g/mol. The highest BCUT2D eigenvalue weighted by Gasteiger charge is 2.48. The van der Waals surface area contributed by atoms with Gasteiger partial charge in [-0.25, -0.2) is 0 Å². The molecule has 2 bridgehead atoms. The van der Waals surface area contributed by atoms with Crippen molar-refractivity contribution in [2.45, 2.75) is 48.8 Å². The van der Waals surface area contributed by atoms with Gasteiger partial charge in [0, 0.05) is 11.5 Å². The summed E-state index contributed by atoms with van der Waals surface area (Å²) in [7, 11) is 0. The molecule has 1 aromatic heterocycles. The van der Waals surface area contributed by atoms with E-state index in [0.717, 1.165) is 10.3 Å². The molecule has 2 fully saturated rings. The summed E-state index contributed by atoms with van der Waals surface area (Å²) in [6.07, 6.45) is 7.51. The Hall–Kier alpha value is 0.260. The van der Waals surface area contributed by atoms with Gasteiger partial charge < -0.3 is 5.11 Å². The van der Waals surface area contributed by atoms with Gasteiger partial charge in [0.2, 0.25) is 0 Å². The third-order valence-corrected chi connectivity index (χ3v) is 7.03. The summed E-state index contributed by atoms with van der Waals surface area (Å²) in [5.41, 5.74) is 0.120. The predicted octanol–water partition coefficient (Wildman–Crippen LogP) is 4.33. The van der Waals surface area contributed by atoms with Crippen molar-refractivity contribution in [2.75, 3.05) is 6.61 Å². The van der Waals surface area contributed by atoms with E-state index in [1.807, 2.05) is 6.07 Å². The minimum atomic E-state index is 0.120. The monoisotopic (exact) mass is 317 g/mol. The molecule has 5 heteroatoms. The van der Waals surface area contributed by atoms with Crippen molar-refractivity contribution in [3.8, 4) is 0 Å². The van der Waals surface area contributed by atoms with Gasteiger partial charge in [0.25, 0.3) is 0 Å². The number of halogens is 1. The number of hydrogen-bond acceptors (Lipinski definition) is 4. The summed E-state index contributed by atoms with van der Waals surface area (Å²) < 4.78 is 5.70. The molecule has 0 amide bonds. The van der Waals surface area contributed by atoms with E-state index in [1.165, 1.54) is 42.7 Å². The number of nitrogens with one attached hydrogen (secondary N) is 1. The lowest BCUT2D eigenvalue weighted by molar-refractivity contribution is 0.0973. The lowest BCUT2D eigenvalue weighted by Gasteiger charge is -2.34. The van der Waals surface area contributed by atoms with E-state index in [0.29, 0.717) is 12.6 Å². The largest absolute Gasteiger partial charge is 0.396 e. The average Bonchev–Trinajstić information content (AvgIpc) is 2.89. The Kier molecular flexibility index (Phi) is 4.44. The fraction of sp³-hybridized carbons (Fsp3) is 0.714. The standard InChI is InChI=1S/C14H20ClNOS2/c15-11-4-5-12(18-11)19-16-13-10-3-1-2-7-14(13,9-17)8-6-10/h4-5,10,13,16-17H,1-3,6-9H2. The second-order valence-electron chi connectivity index (χ2n) is 5.82. The number of rotatable bonds is 4. The Morgan fingerprint density at radius 1 is 1.37 bits per heavy atom. The first-order valence-corrected chi connectivity index (χ1v) is 9.03. The Morgan fingerprint density at radius 3 is 3.00 bits per heavy atom. The number of hydrogen-bond donors (Lipinski definition) is 2. The summed E-state index contributed by atoms with van der Waals surface area (Å²) in [6, 6.07) is 4.46. The smallest absolute Gasteiger partial charge is 0.0940 e. The van der Waals surface area contributed by atoms with E-state index in [1.54, 1.807) is 23.3 Å². The molecule has 19 heavy (non-hydrogen) atoms. The van der Waals surface area contributed by atoms with Crippen molar-refractivity contribution < 1.29 is 5.11 Å². The van der Waals surface area contributed by atoms with E-state index in [4.69, 9.17) is 11.6 Å². The molecule has 3 atom stereocenters. The van der Waals surface area contributed by atoms with Crippen molar-refractivity contribution in [3.63, 3.8) is 0 Å². The van der Waals surface area contributed by atoms with E-state index < -0.39 is 0 Å². The molecule has 2 saturated carbocycles. The fourth-order valence-electron chi connectivity index (χ4n) is 3.72. The van der Waals surface area contributed by atoms with Crippen LogP contribution in [0, 0.1) is 11.3 Å². The second-order valence-corrected chi connectivity index (χ2v) is 8.67. The zero-order valence-electron chi connectivity index (χ0n) is 10.9. The van der Waals surface area contributed by atoms with E-state index >= 15 is 0 Å². The molecule has 2 aliphatic rings. The molecule has 0 spiro atoms. The first kappa shape index (κ1) is 14.2. The van der Waals surface area contributed by atoms with Crippen molar-refractivity contribution in [1.82, 2.24) is 4.72 Å². The molecule has 0 saturated heterocycles. The van der Waals surface area contributed by atoms with Crippen LogP contribution in [0.5, 0.6) is 0 Å². The Bertz CT molecular complexity index is 439. The maximum absolute atomic E-state index is 9.90. The second kappa shape index (κ2) is 5.94. The summed E-state index contributed by atoms with van der Waals surface area (Å²) in [6.45, 7) is 0.326. The van der Waals surface area contributed by atoms with Crippen LogP contribution in [0.2, 0.25) is 4.34 Å². The van der Waals surface area contributed by atoms with Crippen LogP contribution in [0.1, 0.15) is 38.5 Å². The normalized spacial score (nSPS) is 34.4. The van der Waals surface area contributed by atoms with Crippen LogP contribution in [-0.4, -0.2) is 17.8 Å². The summed E-state index contributed by atoms with van der Waals surface area (Å²) >= 11 is 9.28. The minimum absolute atomic E-state index is 0.120. The zero-order chi connectivity index (χ0) is 13.3. The number of thiophene rings is 1. The molecule has 2 N–H and O–H groups in total. The fourth-order valence-corrected chi connectivity index (χ4v) is 6.04. The van der Waals surface area contributed by atoms with Gasteiger partial charge in [0.1, 0.15) is 0 Å². The lowest BCUT2D eigenvalue weighted by Crippen LogP contribution is -2.43. The third-order valence-electron chi connectivity index (χ3n) is 4.79. The highest BCUT2D eigenvalue weighted by molar-refractivity contribution is 7.99. The maximum atomic E-state index is 9.90. The first-order chi connectivity index (χ1) is 9.23. The Morgan fingerprint density at radius 2 is 2.26 bits per heavy atom. The van der Waals surface area contributed by atoms with Crippen LogP contribution < -0.4 is 4.72 Å². The molecule has 2 nitrogen and oxygen atoms in total. The minimum Gasteiger partial charge on any atom is -0.396 e. The molecule has 3 unspecified atom stereocenters. The van der Waals surface area contributed by atoms with Crippen molar-refractivity contribution >= 4 is 34.9 Å². The van der Waals surface area contributed by atoms with Gasteiger partial charge in [-0.2, -0.15) is 0 Å². The van der Waals surface area contributed by atoms with Gasteiger partial charge in [-0.1, -0.05) is 24.4 Å². The molecule has 106 valence electrons. The molecular weight excluding hydrogens is 298 g/mol. The van der Waals surface area contributed by atoms with Gasteiger partial charge in [-0.3, -0.25) is 4.72 Å². The van der Waals surface area contributed by atoms with Gasteiger partial charge in [0.05, 0.1) is 15.2 Å². The van der Waals surface area contributed by atoms with Gasteiger partial charge in [-0.15, -0.1) is 11.3 Å².